The van der Waals surface area contributed by atoms with Gasteiger partial charge in [0, 0.05) is 68.5 Å². The molecule has 10 nitrogen and oxygen atoms in total. The lowest BCUT2D eigenvalue weighted by Gasteiger charge is -2.33. The minimum absolute atomic E-state index is 0.285. The molecule has 5 rings (SSSR count). The zero-order valence-corrected chi connectivity index (χ0v) is 21.9. The second kappa shape index (κ2) is 11.8. The molecule has 2 aromatic heterocycles. The molecule has 3 aromatic rings. The first-order chi connectivity index (χ1) is 18.5. The first-order valence-corrected chi connectivity index (χ1v) is 12.9. The van der Waals surface area contributed by atoms with E-state index in [4.69, 9.17) is 16.3 Å². The van der Waals surface area contributed by atoms with Gasteiger partial charge in [-0.1, -0.05) is 11.6 Å². The van der Waals surface area contributed by atoms with Gasteiger partial charge in [0.1, 0.15) is 11.6 Å². The summed E-state index contributed by atoms with van der Waals surface area (Å²) in [4.78, 5) is 41.4. The topological polar surface area (TPSA) is 103 Å². The molecule has 4 heterocycles. The molecule has 11 heteroatoms. The maximum Gasteiger partial charge on any atom is 0.255 e. The largest absolute Gasteiger partial charge is 0.378 e. The van der Waals surface area contributed by atoms with Gasteiger partial charge in [-0.25, -0.2) is 9.97 Å². The van der Waals surface area contributed by atoms with Crippen LogP contribution in [0, 0.1) is 0 Å². The first kappa shape index (κ1) is 25.9. The smallest absolute Gasteiger partial charge is 0.255 e. The van der Waals surface area contributed by atoms with Crippen LogP contribution >= 0.6 is 11.6 Å². The molecule has 198 valence electrons. The van der Waals surface area contributed by atoms with Crippen LogP contribution in [0.1, 0.15) is 20.7 Å². The summed E-state index contributed by atoms with van der Waals surface area (Å²) in [6.45, 7) is 6.32. The fraction of sp³-hybridized carbons (Fsp3) is 0.333. The van der Waals surface area contributed by atoms with E-state index in [1.807, 2.05) is 0 Å². The van der Waals surface area contributed by atoms with Crippen LogP contribution in [0.3, 0.4) is 0 Å². The Balaban J connectivity index is 1.26. The average Bonchev–Trinajstić information content (AvgIpc) is 2.96. The predicted molar refractivity (Wildman–Crippen MR) is 149 cm³/mol. The molecule has 0 atom stereocenters. The molecular weight excluding hydrogens is 506 g/mol. The van der Waals surface area contributed by atoms with Gasteiger partial charge < -0.3 is 30.1 Å². The molecule has 0 aliphatic carbocycles. The van der Waals surface area contributed by atoms with Gasteiger partial charge >= 0.3 is 0 Å². The van der Waals surface area contributed by atoms with Crippen molar-refractivity contribution in [2.24, 2.45) is 0 Å². The summed E-state index contributed by atoms with van der Waals surface area (Å²) in [7, 11) is 2.09. The Morgan fingerprint density at radius 2 is 1.37 bits per heavy atom. The van der Waals surface area contributed by atoms with E-state index in [1.165, 1.54) is 0 Å². The van der Waals surface area contributed by atoms with Gasteiger partial charge in [0.2, 0.25) is 0 Å². The van der Waals surface area contributed by atoms with Gasteiger partial charge in [0.25, 0.3) is 11.8 Å². The number of rotatable bonds is 6. The Labute approximate surface area is 226 Å². The minimum Gasteiger partial charge on any atom is -0.378 e. The fourth-order valence-corrected chi connectivity index (χ4v) is 4.55. The molecule has 0 saturated carbocycles. The summed E-state index contributed by atoms with van der Waals surface area (Å²) in [6, 6.07) is 11.9. The van der Waals surface area contributed by atoms with Gasteiger partial charge in [0.05, 0.1) is 23.9 Å². The first-order valence-electron chi connectivity index (χ1n) is 12.6. The number of amides is 2. The number of piperazine rings is 1. The van der Waals surface area contributed by atoms with Crippen molar-refractivity contribution in [2.45, 2.75) is 0 Å². The highest BCUT2D eigenvalue weighted by atomic mass is 35.5. The Morgan fingerprint density at radius 1 is 0.789 bits per heavy atom. The number of carbonyl (C=O) groups is 2. The zero-order valence-electron chi connectivity index (χ0n) is 21.2. The average molecular weight is 536 g/mol. The number of aromatic nitrogens is 2. The fourth-order valence-electron chi connectivity index (χ4n) is 4.39. The van der Waals surface area contributed by atoms with Crippen molar-refractivity contribution in [2.75, 3.05) is 80.0 Å². The molecule has 0 radical (unpaired) electrons. The normalized spacial score (nSPS) is 16.3. The number of anilines is 4. The highest BCUT2D eigenvalue weighted by Gasteiger charge is 2.18. The van der Waals surface area contributed by atoms with Crippen molar-refractivity contribution in [1.29, 1.82) is 0 Å². The number of halogens is 1. The number of nitrogens with one attached hydrogen (secondary N) is 2. The number of likely N-dealkylation sites (N-methyl/N-ethyl adjacent to an activating group) is 1. The number of benzene rings is 1. The maximum atomic E-state index is 13.1. The van der Waals surface area contributed by atoms with Crippen molar-refractivity contribution >= 4 is 46.4 Å². The summed E-state index contributed by atoms with van der Waals surface area (Å²) < 4.78 is 5.40. The van der Waals surface area contributed by atoms with Crippen LogP contribution in [-0.4, -0.2) is 86.2 Å². The van der Waals surface area contributed by atoms with E-state index in [2.05, 4.69) is 42.3 Å². The van der Waals surface area contributed by atoms with E-state index in [0.717, 1.165) is 50.9 Å². The number of hydrogen-bond donors (Lipinski definition) is 2. The summed E-state index contributed by atoms with van der Waals surface area (Å²) in [5, 5.41) is 6.11. The Kier molecular flexibility index (Phi) is 8.02. The summed E-state index contributed by atoms with van der Waals surface area (Å²) in [5.74, 6) is 0.912. The lowest BCUT2D eigenvalue weighted by atomic mass is 10.2. The van der Waals surface area contributed by atoms with Crippen molar-refractivity contribution in [3.05, 3.63) is 71.0 Å². The summed E-state index contributed by atoms with van der Waals surface area (Å²) >= 11 is 6.38. The molecule has 0 unspecified atom stereocenters. The van der Waals surface area contributed by atoms with E-state index in [0.29, 0.717) is 40.7 Å². The van der Waals surface area contributed by atoms with Gasteiger partial charge in [-0.3, -0.25) is 9.59 Å². The number of carbonyl (C=O) groups excluding carboxylic acids is 2. The third kappa shape index (κ3) is 6.21. The molecule has 0 spiro atoms. The van der Waals surface area contributed by atoms with Crippen molar-refractivity contribution < 1.29 is 14.3 Å². The van der Waals surface area contributed by atoms with Crippen LogP contribution in [0.2, 0.25) is 5.02 Å². The molecule has 0 bridgehead atoms. The minimum atomic E-state index is -0.308. The molecule has 2 saturated heterocycles. The van der Waals surface area contributed by atoms with Crippen LogP contribution in [0.4, 0.5) is 23.0 Å². The number of ether oxygens (including phenoxy) is 1. The third-order valence-corrected chi connectivity index (χ3v) is 6.98. The van der Waals surface area contributed by atoms with E-state index in [9.17, 15) is 9.59 Å². The SMILES string of the molecule is CN1CCN(c2cc(C(=O)Nc3cc(NC(=O)c4ccnc(N5CCOCC5)c4)ccc3Cl)ccn2)CC1. The van der Waals surface area contributed by atoms with E-state index < -0.39 is 0 Å². The number of morpholine rings is 1. The standard InChI is InChI=1S/C27H30ClN7O3/c1-33-8-10-34(11-9-33)24-17-20(5-7-29-24)27(37)32-23-18-21(2-3-22(23)28)31-26(36)19-4-6-30-25(16-19)35-12-14-38-15-13-35/h2-7,16-18H,8-15H2,1H3,(H,31,36)(H,32,37). The Bertz CT molecular complexity index is 1310. The van der Waals surface area contributed by atoms with Gasteiger partial charge in [0.15, 0.2) is 0 Å². The number of hydrogen-bond acceptors (Lipinski definition) is 8. The molecule has 1 aromatic carbocycles. The lowest BCUT2D eigenvalue weighted by molar-refractivity contribution is 0.101. The van der Waals surface area contributed by atoms with E-state index >= 15 is 0 Å². The summed E-state index contributed by atoms with van der Waals surface area (Å²) in [6.07, 6.45) is 3.26. The molecule has 2 N–H and O–H groups in total. The number of nitrogens with zero attached hydrogens (tertiary/aromatic N) is 5. The van der Waals surface area contributed by atoms with Crippen LogP contribution in [0.15, 0.2) is 54.9 Å². The van der Waals surface area contributed by atoms with Crippen LogP contribution < -0.4 is 20.4 Å². The molecule has 38 heavy (non-hydrogen) atoms. The molecule has 2 fully saturated rings. The van der Waals surface area contributed by atoms with Gasteiger partial charge in [-0.15, -0.1) is 0 Å². The second-order valence-corrected chi connectivity index (χ2v) is 9.71. The van der Waals surface area contributed by atoms with E-state index in [-0.39, 0.29) is 11.8 Å². The lowest BCUT2D eigenvalue weighted by Crippen LogP contribution is -2.44. The molecule has 2 aliphatic rings. The maximum absolute atomic E-state index is 13.1. The number of pyridine rings is 2. The van der Waals surface area contributed by atoms with Crippen molar-refractivity contribution in [3.63, 3.8) is 0 Å². The molecular formula is C27H30ClN7O3. The van der Waals surface area contributed by atoms with Crippen LogP contribution in [0.25, 0.3) is 0 Å². The van der Waals surface area contributed by atoms with Gasteiger partial charge in [-0.2, -0.15) is 0 Å². The zero-order chi connectivity index (χ0) is 26.5. The van der Waals surface area contributed by atoms with Crippen molar-refractivity contribution in [1.82, 2.24) is 14.9 Å². The quantitative estimate of drug-likeness (QED) is 0.496. The Hall–Kier alpha value is -3.73. The monoisotopic (exact) mass is 535 g/mol. The van der Waals surface area contributed by atoms with Crippen LogP contribution in [0.5, 0.6) is 0 Å². The van der Waals surface area contributed by atoms with Crippen LogP contribution in [-0.2, 0) is 4.74 Å². The third-order valence-electron chi connectivity index (χ3n) is 6.65. The Morgan fingerprint density at radius 3 is 2.00 bits per heavy atom. The predicted octanol–water partition coefficient (Wildman–Crippen LogP) is 3.22. The van der Waals surface area contributed by atoms with E-state index in [1.54, 1.807) is 54.9 Å². The molecule has 2 aliphatic heterocycles. The highest BCUT2D eigenvalue weighted by molar-refractivity contribution is 6.34. The highest BCUT2D eigenvalue weighted by Crippen LogP contribution is 2.27. The van der Waals surface area contributed by atoms with Crippen molar-refractivity contribution in [3.8, 4) is 0 Å². The second-order valence-electron chi connectivity index (χ2n) is 9.30. The molecule has 2 amide bonds. The van der Waals surface area contributed by atoms with Gasteiger partial charge in [-0.05, 0) is 49.5 Å². The summed E-state index contributed by atoms with van der Waals surface area (Å²) in [5.41, 5.74) is 1.87.